The largest absolute Gasteiger partial charge is 0.439 e. The molecule has 2 aliphatic carbocycles. The van der Waals surface area contributed by atoms with Crippen LogP contribution in [0.2, 0.25) is 0 Å². The van der Waals surface area contributed by atoms with E-state index in [9.17, 15) is 8.78 Å². The first-order chi connectivity index (χ1) is 12.8. The molecule has 6 heteroatoms. The van der Waals surface area contributed by atoms with Crippen LogP contribution >= 0.6 is 0 Å². The molecule has 2 aliphatic rings. The fourth-order valence-corrected chi connectivity index (χ4v) is 4.46. The number of aromatic nitrogens is 3. The third-order valence-corrected chi connectivity index (χ3v) is 5.77. The molecule has 1 saturated carbocycles. The van der Waals surface area contributed by atoms with Gasteiger partial charge in [-0.1, -0.05) is 20.8 Å². The zero-order valence-electron chi connectivity index (χ0n) is 15.6. The summed E-state index contributed by atoms with van der Waals surface area (Å²) in [6.45, 7) is 6.20. The van der Waals surface area contributed by atoms with E-state index in [2.05, 4.69) is 25.8 Å². The SMILES string of the molecule is CC(C)(C)c1cnc(-c2nn(-c3ccc(F)cc3F)c3c2[C@@H]2CC[C@H]3C2)o1. The molecule has 27 heavy (non-hydrogen) atoms. The summed E-state index contributed by atoms with van der Waals surface area (Å²) < 4.78 is 35.5. The molecule has 0 radical (unpaired) electrons. The molecule has 2 aromatic heterocycles. The summed E-state index contributed by atoms with van der Waals surface area (Å²) >= 11 is 0. The lowest BCUT2D eigenvalue weighted by atomic mass is 9.94. The van der Waals surface area contributed by atoms with Gasteiger partial charge in [-0.05, 0) is 37.3 Å². The summed E-state index contributed by atoms with van der Waals surface area (Å²) in [4.78, 5) is 4.46. The summed E-state index contributed by atoms with van der Waals surface area (Å²) in [6, 6.07) is 3.62. The number of halogens is 2. The summed E-state index contributed by atoms with van der Waals surface area (Å²) in [5, 5.41) is 4.70. The highest BCUT2D eigenvalue weighted by atomic mass is 19.1. The van der Waals surface area contributed by atoms with Crippen molar-refractivity contribution in [3.8, 4) is 17.3 Å². The molecule has 140 valence electrons. The van der Waals surface area contributed by atoms with Gasteiger partial charge >= 0.3 is 0 Å². The molecule has 1 fully saturated rings. The van der Waals surface area contributed by atoms with E-state index in [1.54, 1.807) is 10.9 Å². The Labute approximate surface area is 156 Å². The molecule has 0 spiro atoms. The van der Waals surface area contributed by atoms with Crippen molar-refractivity contribution < 1.29 is 13.2 Å². The van der Waals surface area contributed by atoms with E-state index in [4.69, 9.17) is 9.52 Å². The maximum atomic E-state index is 14.5. The summed E-state index contributed by atoms with van der Waals surface area (Å²) in [6.07, 6.45) is 4.97. The van der Waals surface area contributed by atoms with Crippen molar-refractivity contribution in [3.63, 3.8) is 0 Å². The number of hydrogen-bond acceptors (Lipinski definition) is 3. The number of rotatable bonds is 2. The van der Waals surface area contributed by atoms with Crippen LogP contribution < -0.4 is 0 Å². The standard InChI is InChI=1S/C21H21F2N3O/c1-21(2,3)16-10-24-20(27-16)18-17-11-4-5-12(8-11)19(17)26(25-18)15-7-6-13(22)9-14(15)23/h6-7,9-12H,4-5,8H2,1-3H3/t11-,12+/m1/s1. The Kier molecular flexibility index (Phi) is 3.39. The van der Waals surface area contributed by atoms with Gasteiger partial charge in [-0.25, -0.2) is 18.4 Å². The van der Waals surface area contributed by atoms with E-state index < -0.39 is 11.6 Å². The lowest BCUT2D eigenvalue weighted by Crippen LogP contribution is -2.09. The molecule has 0 saturated heterocycles. The van der Waals surface area contributed by atoms with Crippen LogP contribution in [0.15, 0.2) is 28.8 Å². The number of nitrogens with zero attached hydrogens (tertiary/aromatic N) is 3. The van der Waals surface area contributed by atoms with Crippen LogP contribution in [0.5, 0.6) is 0 Å². The van der Waals surface area contributed by atoms with Crippen molar-refractivity contribution in [3.05, 3.63) is 53.0 Å². The first kappa shape index (κ1) is 16.7. The van der Waals surface area contributed by atoms with Crippen LogP contribution in [-0.2, 0) is 5.41 Å². The highest BCUT2D eigenvalue weighted by molar-refractivity contribution is 5.62. The van der Waals surface area contributed by atoms with E-state index in [-0.39, 0.29) is 11.1 Å². The van der Waals surface area contributed by atoms with Crippen LogP contribution in [0, 0.1) is 11.6 Å². The second kappa shape index (κ2) is 5.50. The Hall–Kier alpha value is -2.50. The molecule has 2 atom stereocenters. The molecular weight excluding hydrogens is 348 g/mol. The van der Waals surface area contributed by atoms with Crippen molar-refractivity contribution in [1.29, 1.82) is 0 Å². The highest BCUT2D eigenvalue weighted by Crippen LogP contribution is 2.56. The number of hydrogen-bond donors (Lipinski definition) is 0. The van der Waals surface area contributed by atoms with E-state index in [0.29, 0.717) is 23.4 Å². The average Bonchev–Trinajstić information content (AvgIpc) is 3.35. The quantitative estimate of drug-likeness (QED) is 0.602. The first-order valence-corrected chi connectivity index (χ1v) is 9.38. The predicted octanol–water partition coefficient (Wildman–Crippen LogP) is 5.47. The fraction of sp³-hybridized carbons (Fsp3) is 0.429. The molecule has 2 heterocycles. The third kappa shape index (κ3) is 2.46. The highest BCUT2D eigenvalue weighted by Gasteiger charge is 2.44. The van der Waals surface area contributed by atoms with E-state index in [1.165, 1.54) is 12.1 Å². The molecule has 0 unspecified atom stereocenters. The van der Waals surface area contributed by atoms with Gasteiger partial charge in [-0.15, -0.1) is 0 Å². The van der Waals surface area contributed by atoms with Crippen molar-refractivity contribution in [1.82, 2.24) is 14.8 Å². The summed E-state index contributed by atoms with van der Waals surface area (Å²) in [5.41, 5.74) is 2.96. The minimum absolute atomic E-state index is 0.154. The molecule has 5 rings (SSSR count). The lowest BCUT2D eigenvalue weighted by molar-refractivity contribution is 0.414. The Morgan fingerprint density at radius 1 is 1.15 bits per heavy atom. The molecule has 1 aromatic carbocycles. The monoisotopic (exact) mass is 369 g/mol. The Morgan fingerprint density at radius 2 is 1.93 bits per heavy atom. The van der Waals surface area contributed by atoms with Gasteiger partial charge in [0.1, 0.15) is 17.3 Å². The minimum Gasteiger partial charge on any atom is -0.439 e. The minimum atomic E-state index is -0.614. The predicted molar refractivity (Wildman–Crippen MR) is 97.0 cm³/mol. The van der Waals surface area contributed by atoms with E-state index in [0.717, 1.165) is 42.3 Å². The van der Waals surface area contributed by atoms with Crippen LogP contribution in [0.3, 0.4) is 0 Å². The zero-order valence-corrected chi connectivity index (χ0v) is 15.6. The Bertz CT molecular complexity index is 1040. The van der Waals surface area contributed by atoms with Gasteiger partial charge < -0.3 is 4.42 Å². The molecule has 0 N–H and O–H groups in total. The van der Waals surface area contributed by atoms with Gasteiger partial charge in [0.15, 0.2) is 11.5 Å². The normalized spacial score (nSPS) is 21.1. The van der Waals surface area contributed by atoms with Gasteiger partial charge in [0.05, 0.1) is 11.9 Å². The molecule has 3 aromatic rings. The smallest absolute Gasteiger partial charge is 0.247 e. The molecular formula is C21H21F2N3O. The van der Waals surface area contributed by atoms with E-state index >= 15 is 0 Å². The fourth-order valence-electron chi connectivity index (χ4n) is 4.46. The van der Waals surface area contributed by atoms with Crippen molar-refractivity contribution >= 4 is 0 Å². The van der Waals surface area contributed by atoms with Crippen LogP contribution in [0.25, 0.3) is 17.3 Å². The van der Waals surface area contributed by atoms with Crippen molar-refractivity contribution in [2.75, 3.05) is 0 Å². The number of oxazole rings is 1. The summed E-state index contributed by atoms with van der Waals surface area (Å²) in [7, 11) is 0. The number of fused-ring (bicyclic) bond motifs is 5. The summed E-state index contributed by atoms with van der Waals surface area (Å²) in [5.74, 6) is 0.818. The molecule has 2 bridgehead atoms. The molecule has 0 amide bonds. The maximum absolute atomic E-state index is 14.5. The Morgan fingerprint density at radius 3 is 2.63 bits per heavy atom. The number of benzene rings is 1. The van der Waals surface area contributed by atoms with Gasteiger partial charge in [-0.2, -0.15) is 5.10 Å². The van der Waals surface area contributed by atoms with Gasteiger partial charge in [0, 0.05) is 23.0 Å². The second-order valence-electron chi connectivity index (χ2n) is 8.64. The van der Waals surface area contributed by atoms with E-state index in [1.807, 2.05) is 0 Å². The van der Waals surface area contributed by atoms with Crippen molar-refractivity contribution in [2.45, 2.75) is 57.3 Å². The van der Waals surface area contributed by atoms with Crippen LogP contribution in [0.4, 0.5) is 8.78 Å². The maximum Gasteiger partial charge on any atom is 0.247 e. The van der Waals surface area contributed by atoms with Gasteiger partial charge in [0.2, 0.25) is 5.89 Å². The average molecular weight is 369 g/mol. The van der Waals surface area contributed by atoms with Gasteiger partial charge in [-0.3, -0.25) is 0 Å². The first-order valence-electron chi connectivity index (χ1n) is 9.38. The second-order valence-corrected chi connectivity index (χ2v) is 8.64. The van der Waals surface area contributed by atoms with Crippen LogP contribution in [0.1, 0.15) is 68.9 Å². The lowest BCUT2D eigenvalue weighted by Gasteiger charge is -2.14. The van der Waals surface area contributed by atoms with Crippen LogP contribution in [-0.4, -0.2) is 14.8 Å². The third-order valence-electron chi connectivity index (χ3n) is 5.77. The van der Waals surface area contributed by atoms with Gasteiger partial charge in [0.25, 0.3) is 0 Å². The topological polar surface area (TPSA) is 43.9 Å². The van der Waals surface area contributed by atoms with Crippen molar-refractivity contribution in [2.24, 2.45) is 0 Å². The Balaban J connectivity index is 1.70. The molecule has 0 aliphatic heterocycles. The molecule has 4 nitrogen and oxygen atoms in total. The zero-order chi connectivity index (χ0) is 18.9.